The molecule has 1 heterocycles. The van der Waals surface area contributed by atoms with Gasteiger partial charge in [-0.25, -0.2) is 0 Å². The Kier molecular flexibility index (Phi) is 3.23. The van der Waals surface area contributed by atoms with Crippen LogP contribution in [-0.4, -0.2) is 5.11 Å². The zero-order valence-electron chi connectivity index (χ0n) is 11.7. The molecule has 0 aromatic heterocycles. The quantitative estimate of drug-likeness (QED) is 0.856. The number of allylic oxidation sites excluding steroid dienone is 1. The zero-order chi connectivity index (χ0) is 14.1. The van der Waals surface area contributed by atoms with E-state index in [0.717, 1.165) is 11.3 Å². The lowest BCUT2D eigenvalue weighted by molar-refractivity contribution is 0.216. The van der Waals surface area contributed by atoms with Crippen LogP contribution in [0.2, 0.25) is 0 Å². The summed E-state index contributed by atoms with van der Waals surface area (Å²) in [5, 5.41) is 9.39. The van der Waals surface area contributed by atoms with Crippen molar-refractivity contribution in [2.24, 2.45) is 0 Å². The van der Waals surface area contributed by atoms with Crippen LogP contribution in [0.5, 0.6) is 11.5 Å². The topological polar surface area (TPSA) is 29.5 Å². The van der Waals surface area contributed by atoms with Gasteiger partial charge in [-0.05, 0) is 42.3 Å². The van der Waals surface area contributed by atoms with Gasteiger partial charge in [0, 0.05) is 11.5 Å². The standard InChI is InChI=1S/C18H18O2/c1-3-4-13-5-10-17-16(11-13)12(2)18(20-17)14-6-8-15(19)9-7-14/h3-12,18-19H,1-2H3/b4-3+. The Hall–Kier alpha value is -2.22. The highest BCUT2D eigenvalue weighted by molar-refractivity contribution is 5.55. The van der Waals surface area contributed by atoms with Crippen LogP contribution in [0.15, 0.2) is 48.5 Å². The van der Waals surface area contributed by atoms with Gasteiger partial charge in [0.05, 0.1) is 0 Å². The fourth-order valence-electron chi connectivity index (χ4n) is 2.75. The molecule has 20 heavy (non-hydrogen) atoms. The van der Waals surface area contributed by atoms with Crippen molar-refractivity contribution < 1.29 is 9.84 Å². The van der Waals surface area contributed by atoms with E-state index < -0.39 is 0 Å². The predicted octanol–water partition coefficient (Wildman–Crippen LogP) is 4.66. The average molecular weight is 266 g/mol. The summed E-state index contributed by atoms with van der Waals surface area (Å²) in [6, 6.07) is 13.6. The zero-order valence-corrected chi connectivity index (χ0v) is 11.7. The predicted molar refractivity (Wildman–Crippen MR) is 81.0 cm³/mol. The lowest BCUT2D eigenvalue weighted by atomic mass is 9.92. The minimum absolute atomic E-state index is 0.0199. The number of phenols is 1. The van der Waals surface area contributed by atoms with E-state index in [1.54, 1.807) is 12.1 Å². The number of hydrogen-bond donors (Lipinski definition) is 1. The second-order valence-corrected chi connectivity index (χ2v) is 5.22. The average Bonchev–Trinajstić information content (AvgIpc) is 2.78. The summed E-state index contributed by atoms with van der Waals surface area (Å²) in [4.78, 5) is 0. The van der Waals surface area contributed by atoms with E-state index in [-0.39, 0.29) is 11.9 Å². The van der Waals surface area contributed by atoms with E-state index in [0.29, 0.717) is 5.92 Å². The first-order valence-corrected chi connectivity index (χ1v) is 6.91. The smallest absolute Gasteiger partial charge is 0.130 e. The molecule has 2 nitrogen and oxygen atoms in total. The van der Waals surface area contributed by atoms with E-state index in [1.807, 2.05) is 31.2 Å². The molecule has 2 heteroatoms. The van der Waals surface area contributed by atoms with Crippen molar-refractivity contribution in [2.45, 2.75) is 25.9 Å². The van der Waals surface area contributed by atoms with Gasteiger partial charge in [0.2, 0.25) is 0 Å². The molecule has 0 radical (unpaired) electrons. The van der Waals surface area contributed by atoms with Crippen LogP contribution in [0.4, 0.5) is 0 Å². The second kappa shape index (κ2) is 5.04. The number of phenolic OH excluding ortho intramolecular Hbond substituents is 1. The third-order valence-electron chi connectivity index (χ3n) is 3.81. The van der Waals surface area contributed by atoms with Crippen LogP contribution >= 0.6 is 0 Å². The molecular formula is C18H18O2. The van der Waals surface area contributed by atoms with Crippen molar-refractivity contribution in [2.75, 3.05) is 0 Å². The molecule has 0 aliphatic carbocycles. The van der Waals surface area contributed by atoms with E-state index in [9.17, 15) is 5.11 Å². The molecule has 1 aliphatic heterocycles. The largest absolute Gasteiger partial charge is 0.508 e. The number of aromatic hydroxyl groups is 1. The molecule has 0 saturated heterocycles. The number of rotatable bonds is 2. The first-order valence-electron chi connectivity index (χ1n) is 6.91. The summed E-state index contributed by atoms with van der Waals surface area (Å²) in [6.45, 7) is 4.20. The summed E-state index contributed by atoms with van der Waals surface area (Å²) < 4.78 is 6.07. The molecule has 1 N–H and O–H groups in total. The SMILES string of the molecule is C/C=C/c1ccc2c(c1)C(C)C(c1ccc(O)cc1)O2. The Morgan fingerprint density at radius 3 is 2.55 bits per heavy atom. The molecule has 2 aromatic rings. The van der Waals surface area contributed by atoms with Gasteiger partial charge in [0.15, 0.2) is 0 Å². The first kappa shape index (κ1) is 12.8. The third-order valence-corrected chi connectivity index (χ3v) is 3.81. The Morgan fingerprint density at radius 2 is 1.85 bits per heavy atom. The molecule has 0 saturated carbocycles. The Bertz CT molecular complexity index is 641. The highest BCUT2D eigenvalue weighted by Gasteiger charge is 2.32. The highest BCUT2D eigenvalue weighted by atomic mass is 16.5. The van der Waals surface area contributed by atoms with Crippen LogP contribution in [0.3, 0.4) is 0 Å². The summed E-state index contributed by atoms with van der Waals surface area (Å²) in [6.07, 6.45) is 4.16. The molecule has 2 unspecified atom stereocenters. The molecule has 0 bridgehead atoms. The lowest BCUT2D eigenvalue weighted by Crippen LogP contribution is -2.06. The van der Waals surface area contributed by atoms with Gasteiger partial charge in [0.1, 0.15) is 17.6 Å². The van der Waals surface area contributed by atoms with Gasteiger partial charge in [-0.1, -0.05) is 37.3 Å². The number of hydrogen-bond acceptors (Lipinski definition) is 2. The maximum absolute atomic E-state index is 9.39. The summed E-state index contributed by atoms with van der Waals surface area (Å²) in [5.41, 5.74) is 3.55. The Balaban J connectivity index is 1.94. The van der Waals surface area contributed by atoms with Crippen LogP contribution in [0.1, 0.15) is 42.6 Å². The van der Waals surface area contributed by atoms with Crippen LogP contribution in [-0.2, 0) is 0 Å². The fraction of sp³-hybridized carbons (Fsp3) is 0.222. The van der Waals surface area contributed by atoms with Gasteiger partial charge in [-0.2, -0.15) is 0 Å². The van der Waals surface area contributed by atoms with Gasteiger partial charge in [-0.3, -0.25) is 0 Å². The van der Waals surface area contributed by atoms with Crippen molar-refractivity contribution in [1.82, 2.24) is 0 Å². The molecule has 0 amide bonds. The maximum atomic E-state index is 9.39. The van der Waals surface area contributed by atoms with E-state index in [2.05, 4.69) is 25.1 Å². The molecule has 0 fully saturated rings. The molecule has 2 atom stereocenters. The van der Waals surface area contributed by atoms with E-state index in [4.69, 9.17) is 4.74 Å². The van der Waals surface area contributed by atoms with Crippen molar-refractivity contribution in [3.8, 4) is 11.5 Å². The third kappa shape index (κ3) is 2.18. The maximum Gasteiger partial charge on any atom is 0.130 e. The molecule has 0 spiro atoms. The number of ether oxygens (including phenoxy) is 1. The summed E-state index contributed by atoms with van der Waals surface area (Å²) >= 11 is 0. The molecule has 102 valence electrons. The minimum Gasteiger partial charge on any atom is -0.508 e. The molecule has 2 aromatic carbocycles. The lowest BCUT2D eigenvalue weighted by Gasteiger charge is -2.15. The summed E-state index contributed by atoms with van der Waals surface area (Å²) in [5.74, 6) is 1.55. The molecule has 1 aliphatic rings. The van der Waals surface area contributed by atoms with Crippen LogP contribution < -0.4 is 4.74 Å². The van der Waals surface area contributed by atoms with E-state index in [1.165, 1.54) is 11.1 Å². The van der Waals surface area contributed by atoms with Crippen molar-refractivity contribution >= 4 is 6.08 Å². The fourth-order valence-corrected chi connectivity index (χ4v) is 2.75. The molecule has 3 rings (SSSR count). The first-order chi connectivity index (χ1) is 9.69. The van der Waals surface area contributed by atoms with Crippen LogP contribution in [0.25, 0.3) is 6.08 Å². The normalized spacial score (nSPS) is 20.9. The highest BCUT2D eigenvalue weighted by Crippen LogP contribution is 2.46. The second-order valence-electron chi connectivity index (χ2n) is 5.22. The van der Waals surface area contributed by atoms with Crippen molar-refractivity contribution in [1.29, 1.82) is 0 Å². The minimum atomic E-state index is 0.0199. The van der Waals surface area contributed by atoms with Crippen molar-refractivity contribution in [3.63, 3.8) is 0 Å². The monoisotopic (exact) mass is 266 g/mol. The van der Waals surface area contributed by atoms with Gasteiger partial charge >= 0.3 is 0 Å². The molecular weight excluding hydrogens is 248 g/mol. The van der Waals surface area contributed by atoms with Crippen LogP contribution in [0, 0.1) is 0 Å². The Labute approximate surface area is 119 Å². The van der Waals surface area contributed by atoms with E-state index >= 15 is 0 Å². The number of benzene rings is 2. The summed E-state index contributed by atoms with van der Waals surface area (Å²) in [7, 11) is 0. The number of fused-ring (bicyclic) bond motifs is 1. The van der Waals surface area contributed by atoms with Crippen molar-refractivity contribution in [3.05, 3.63) is 65.2 Å². The van der Waals surface area contributed by atoms with Gasteiger partial charge in [-0.15, -0.1) is 0 Å². The van der Waals surface area contributed by atoms with Gasteiger partial charge in [0.25, 0.3) is 0 Å². The Morgan fingerprint density at radius 1 is 1.10 bits per heavy atom. The van der Waals surface area contributed by atoms with Gasteiger partial charge < -0.3 is 9.84 Å².